The molecule has 4 aromatic rings. The molecule has 1 fully saturated rings. The lowest BCUT2D eigenvalue weighted by Gasteiger charge is -2.34. The van der Waals surface area contributed by atoms with Gasteiger partial charge in [-0.3, -0.25) is 14.8 Å². The Kier molecular flexibility index (Phi) is 7.71. The van der Waals surface area contributed by atoms with Crippen LogP contribution in [0.3, 0.4) is 0 Å². The summed E-state index contributed by atoms with van der Waals surface area (Å²) in [4.78, 5) is 21.8. The Morgan fingerprint density at radius 3 is 2.38 bits per heavy atom. The third-order valence-electron chi connectivity index (χ3n) is 7.73. The van der Waals surface area contributed by atoms with E-state index in [1.54, 1.807) is 29.3 Å². The number of anilines is 2. The number of carbonyl (C=O) groups excluding carboxylic acids is 1. The van der Waals surface area contributed by atoms with Gasteiger partial charge in [0, 0.05) is 67.0 Å². The van der Waals surface area contributed by atoms with Crippen LogP contribution >= 0.6 is 34.8 Å². The molecule has 1 aromatic heterocycles. The second-order valence-electron chi connectivity index (χ2n) is 10.2. The van der Waals surface area contributed by atoms with Gasteiger partial charge in [0.2, 0.25) is 0 Å². The quantitative estimate of drug-likeness (QED) is 0.247. The summed E-state index contributed by atoms with van der Waals surface area (Å²) in [6.07, 6.45) is 1.80. The monoisotopic (exact) mass is 592 g/mol. The fourth-order valence-electron chi connectivity index (χ4n) is 5.85. The van der Waals surface area contributed by atoms with Gasteiger partial charge in [0.15, 0.2) is 0 Å². The minimum Gasteiger partial charge on any atom is -0.396 e. The SMILES string of the molecule is O=C1NCc2c(-c3ccccc3Cl)cc(C3CN(Cc4ccccn4)C[C@@H]3CO)cc2N1c1c(Cl)cccc1Cl. The molecule has 0 spiro atoms. The van der Waals surface area contributed by atoms with Crippen molar-refractivity contribution in [3.05, 3.63) is 111 Å². The van der Waals surface area contributed by atoms with Crippen LogP contribution in [-0.2, 0) is 13.1 Å². The number of hydrogen-bond donors (Lipinski definition) is 2. The molecule has 3 aromatic carbocycles. The third-order valence-corrected chi connectivity index (χ3v) is 8.66. The largest absolute Gasteiger partial charge is 0.396 e. The van der Waals surface area contributed by atoms with Gasteiger partial charge < -0.3 is 10.4 Å². The molecule has 2 amide bonds. The van der Waals surface area contributed by atoms with Crippen LogP contribution < -0.4 is 10.2 Å². The summed E-state index contributed by atoms with van der Waals surface area (Å²) in [6, 6.07) is 22.7. The molecule has 2 aliphatic rings. The fourth-order valence-corrected chi connectivity index (χ4v) is 6.65. The number of aromatic nitrogens is 1. The van der Waals surface area contributed by atoms with Crippen LogP contribution in [0.5, 0.6) is 0 Å². The average molecular weight is 594 g/mol. The number of rotatable bonds is 6. The summed E-state index contributed by atoms with van der Waals surface area (Å²) in [6.45, 7) is 2.54. The molecule has 0 saturated carbocycles. The fraction of sp³-hybridized carbons (Fsp3) is 0.226. The topological polar surface area (TPSA) is 68.7 Å². The van der Waals surface area contributed by atoms with Crippen molar-refractivity contribution in [1.82, 2.24) is 15.2 Å². The molecule has 2 atom stereocenters. The van der Waals surface area contributed by atoms with E-state index in [4.69, 9.17) is 34.8 Å². The predicted molar refractivity (Wildman–Crippen MR) is 161 cm³/mol. The number of benzene rings is 3. The molecule has 6 rings (SSSR count). The van der Waals surface area contributed by atoms with Gasteiger partial charge in [-0.1, -0.05) is 71.2 Å². The molecule has 9 heteroatoms. The molecule has 0 radical (unpaired) electrons. The summed E-state index contributed by atoms with van der Waals surface area (Å²) < 4.78 is 0. The first-order valence-electron chi connectivity index (χ1n) is 13.1. The number of pyridine rings is 1. The smallest absolute Gasteiger partial charge is 0.326 e. The zero-order valence-corrected chi connectivity index (χ0v) is 23.8. The molecule has 204 valence electrons. The summed E-state index contributed by atoms with van der Waals surface area (Å²) >= 11 is 19.9. The highest BCUT2D eigenvalue weighted by Gasteiger charge is 2.37. The second-order valence-corrected chi connectivity index (χ2v) is 11.4. The van der Waals surface area contributed by atoms with Crippen LogP contribution in [0.1, 0.15) is 22.7 Å². The molecule has 2 N–H and O–H groups in total. The van der Waals surface area contributed by atoms with E-state index in [0.29, 0.717) is 39.5 Å². The molecule has 0 aliphatic carbocycles. The molecule has 40 heavy (non-hydrogen) atoms. The van der Waals surface area contributed by atoms with Gasteiger partial charge in [0.1, 0.15) is 0 Å². The van der Waals surface area contributed by atoms with Crippen molar-refractivity contribution in [3.63, 3.8) is 0 Å². The van der Waals surface area contributed by atoms with E-state index in [1.807, 2.05) is 48.5 Å². The Bertz CT molecular complexity index is 1550. The number of aliphatic hydroxyl groups is 1. The van der Waals surface area contributed by atoms with E-state index in [9.17, 15) is 9.90 Å². The van der Waals surface area contributed by atoms with Crippen molar-refractivity contribution in [1.29, 1.82) is 0 Å². The highest BCUT2D eigenvalue weighted by Crippen LogP contribution is 2.47. The van der Waals surface area contributed by atoms with Gasteiger partial charge in [-0.25, -0.2) is 4.79 Å². The van der Waals surface area contributed by atoms with Crippen molar-refractivity contribution in [2.75, 3.05) is 24.6 Å². The number of halogens is 3. The van der Waals surface area contributed by atoms with E-state index in [1.165, 1.54) is 0 Å². The Morgan fingerprint density at radius 1 is 0.900 bits per heavy atom. The number of nitrogens with zero attached hydrogens (tertiary/aromatic N) is 3. The molecular weight excluding hydrogens is 567 g/mol. The maximum Gasteiger partial charge on any atom is 0.326 e. The lowest BCUT2D eigenvalue weighted by molar-refractivity contribution is 0.213. The van der Waals surface area contributed by atoms with Crippen molar-refractivity contribution in [2.45, 2.75) is 19.0 Å². The summed E-state index contributed by atoms with van der Waals surface area (Å²) in [5.41, 5.74) is 5.83. The van der Waals surface area contributed by atoms with E-state index in [2.05, 4.69) is 21.3 Å². The number of likely N-dealkylation sites (tertiary alicyclic amines) is 1. The zero-order chi connectivity index (χ0) is 27.8. The maximum atomic E-state index is 13.4. The van der Waals surface area contributed by atoms with Crippen LogP contribution in [0.15, 0.2) is 79.0 Å². The highest BCUT2D eigenvalue weighted by molar-refractivity contribution is 6.40. The highest BCUT2D eigenvalue weighted by atomic mass is 35.5. The number of hydrogen-bond acceptors (Lipinski definition) is 4. The standard InChI is InChI=1S/C31H27Cl3N4O2/c32-26-8-2-1-7-22(26)23-12-19(25-17-37(15-20(25)18-39)16-21-6-3-4-11-35-21)13-29-24(23)14-36-31(40)38(29)30-27(33)9-5-10-28(30)34/h1-13,20,25,39H,14-18H2,(H,36,40)/t20-,25?/m1/s1. The maximum absolute atomic E-state index is 13.4. The summed E-state index contributed by atoms with van der Waals surface area (Å²) in [5.74, 6) is 0.0319. The van der Waals surface area contributed by atoms with Gasteiger partial charge in [-0.2, -0.15) is 0 Å². The lowest BCUT2D eigenvalue weighted by atomic mass is 9.85. The van der Waals surface area contributed by atoms with Crippen LogP contribution in [0, 0.1) is 5.92 Å². The number of urea groups is 1. The Hall–Kier alpha value is -3.13. The van der Waals surface area contributed by atoms with Crippen molar-refractivity contribution in [2.24, 2.45) is 5.92 Å². The third kappa shape index (κ3) is 5.06. The number of carbonyl (C=O) groups is 1. The van der Waals surface area contributed by atoms with E-state index in [-0.39, 0.29) is 24.5 Å². The van der Waals surface area contributed by atoms with E-state index in [0.717, 1.165) is 41.0 Å². The number of aliphatic hydroxyl groups excluding tert-OH is 1. The molecule has 0 bridgehead atoms. The van der Waals surface area contributed by atoms with E-state index < -0.39 is 0 Å². The van der Waals surface area contributed by atoms with Crippen LogP contribution in [0.4, 0.5) is 16.2 Å². The van der Waals surface area contributed by atoms with Gasteiger partial charge in [-0.15, -0.1) is 0 Å². The van der Waals surface area contributed by atoms with Gasteiger partial charge in [-0.05, 0) is 47.5 Å². The van der Waals surface area contributed by atoms with Crippen molar-refractivity contribution < 1.29 is 9.90 Å². The second kappa shape index (κ2) is 11.4. The van der Waals surface area contributed by atoms with Crippen LogP contribution in [0.25, 0.3) is 11.1 Å². The zero-order valence-electron chi connectivity index (χ0n) is 21.5. The minimum absolute atomic E-state index is 0.00984. The Labute approximate surface area is 248 Å². The molecule has 1 unspecified atom stereocenters. The first-order valence-corrected chi connectivity index (χ1v) is 14.2. The van der Waals surface area contributed by atoms with Gasteiger partial charge in [0.05, 0.1) is 27.1 Å². The minimum atomic E-state index is -0.313. The Morgan fingerprint density at radius 2 is 1.65 bits per heavy atom. The van der Waals surface area contributed by atoms with Crippen molar-refractivity contribution >= 4 is 52.2 Å². The lowest BCUT2D eigenvalue weighted by Crippen LogP contribution is -2.42. The molecule has 2 aliphatic heterocycles. The predicted octanol–water partition coefficient (Wildman–Crippen LogP) is 7.28. The van der Waals surface area contributed by atoms with Crippen LogP contribution in [0.2, 0.25) is 15.1 Å². The van der Waals surface area contributed by atoms with Gasteiger partial charge in [0.25, 0.3) is 0 Å². The summed E-state index contributed by atoms with van der Waals surface area (Å²) in [7, 11) is 0. The first-order chi connectivity index (χ1) is 19.4. The normalized spacial score (nSPS) is 19.0. The molecule has 3 heterocycles. The van der Waals surface area contributed by atoms with Crippen molar-refractivity contribution in [3.8, 4) is 11.1 Å². The average Bonchev–Trinajstić information content (AvgIpc) is 3.37. The first kappa shape index (κ1) is 27.1. The molecular formula is C31H27Cl3N4O2. The summed E-state index contributed by atoms with van der Waals surface area (Å²) in [5, 5.41) is 14.8. The Balaban J connectivity index is 1.50. The molecule has 6 nitrogen and oxygen atoms in total. The van der Waals surface area contributed by atoms with E-state index >= 15 is 0 Å². The number of para-hydroxylation sites is 1. The molecule has 1 saturated heterocycles. The number of nitrogens with one attached hydrogen (secondary N) is 1. The van der Waals surface area contributed by atoms with Gasteiger partial charge >= 0.3 is 6.03 Å². The number of amides is 2. The van der Waals surface area contributed by atoms with Crippen LogP contribution in [-0.4, -0.2) is 40.7 Å². The number of fused-ring (bicyclic) bond motifs is 1.